The Bertz CT molecular complexity index is 929. The van der Waals surface area contributed by atoms with Gasteiger partial charge in [-0.3, -0.25) is 9.78 Å². The molecule has 2 aliphatic heterocycles. The zero-order chi connectivity index (χ0) is 23.6. The average molecular weight is 468 g/mol. The molecule has 0 bridgehead atoms. The monoisotopic (exact) mass is 467 g/mol. The summed E-state index contributed by atoms with van der Waals surface area (Å²) in [6, 6.07) is 8.61. The molecule has 0 saturated carbocycles. The molecule has 34 heavy (non-hydrogen) atoms. The Morgan fingerprint density at radius 3 is 2.82 bits per heavy atom. The number of methoxy groups -OCH3 is 1. The molecule has 2 atom stereocenters. The molecule has 0 radical (unpaired) electrons. The van der Waals surface area contributed by atoms with Crippen LogP contribution in [0, 0.1) is 0 Å². The molecule has 0 aliphatic carbocycles. The van der Waals surface area contributed by atoms with Crippen LogP contribution >= 0.6 is 0 Å². The van der Waals surface area contributed by atoms with Crippen molar-refractivity contribution < 1.29 is 19.1 Å². The summed E-state index contributed by atoms with van der Waals surface area (Å²) in [5.41, 5.74) is 4.30. The quantitative estimate of drug-likeness (QED) is 0.407. The van der Waals surface area contributed by atoms with Gasteiger partial charge in [0.25, 0.3) is 5.91 Å². The molecule has 4 rings (SSSR count). The molecule has 2 fully saturated rings. The van der Waals surface area contributed by atoms with Crippen LogP contribution in [0.4, 0.5) is 5.82 Å². The molecule has 0 spiro atoms. The number of nitrogens with one attached hydrogen (secondary N) is 2. The zero-order valence-corrected chi connectivity index (χ0v) is 19.6. The van der Waals surface area contributed by atoms with Crippen molar-refractivity contribution in [3.63, 3.8) is 0 Å². The molecule has 1 aromatic carbocycles. The molecule has 9 nitrogen and oxygen atoms in total. The smallest absolute Gasteiger partial charge is 0.267 e. The highest BCUT2D eigenvalue weighted by molar-refractivity contribution is 5.90. The molecule has 182 valence electrons. The van der Waals surface area contributed by atoms with Crippen LogP contribution in [-0.2, 0) is 20.8 Å². The van der Waals surface area contributed by atoms with Gasteiger partial charge in [0.15, 0.2) is 6.29 Å². The second-order valence-corrected chi connectivity index (χ2v) is 8.57. The van der Waals surface area contributed by atoms with Crippen molar-refractivity contribution in [3.05, 3.63) is 54.0 Å². The highest BCUT2D eigenvalue weighted by Gasteiger charge is 2.22. The largest absolute Gasteiger partial charge is 0.497 e. The molecule has 3 heterocycles. The summed E-state index contributed by atoms with van der Waals surface area (Å²) in [5, 5.41) is 3.46. The average Bonchev–Trinajstić information content (AvgIpc) is 3.34. The number of nitrogens with zero attached hydrogens (tertiary/aromatic N) is 3. The number of hydroxylamine groups is 1. The van der Waals surface area contributed by atoms with Crippen LogP contribution < -0.4 is 15.5 Å². The number of aromatic nitrogens is 2. The number of carbonyl (C=O) groups excluding carboxylic acids is 1. The van der Waals surface area contributed by atoms with Crippen molar-refractivity contribution in [3.8, 4) is 5.75 Å². The van der Waals surface area contributed by atoms with Gasteiger partial charge < -0.3 is 19.7 Å². The Balaban J connectivity index is 1.16. The minimum absolute atomic E-state index is 0.344. The molecule has 1 amide bonds. The maximum absolute atomic E-state index is 11.9. The van der Waals surface area contributed by atoms with Gasteiger partial charge >= 0.3 is 0 Å². The van der Waals surface area contributed by atoms with Crippen LogP contribution in [0.25, 0.3) is 6.08 Å². The Kier molecular flexibility index (Phi) is 8.84. The predicted octanol–water partition coefficient (Wildman–Crippen LogP) is 2.80. The summed E-state index contributed by atoms with van der Waals surface area (Å²) in [6.07, 6.45) is 10.9. The third-order valence-corrected chi connectivity index (χ3v) is 6.01. The predicted molar refractivity (Wildman–Crippen MR) is 129 cm³/mol. The first-order chi connectivity index (χ1) is 16.7. The van der Waals surface area contributed by atoms with Crippen LogP contribution in [0.2, 0.25) is 0 Å². The highest BCUT2D eigenvalue weighted by Crippen LogP contribution is 2.17. The maximum atomic E-state index is 11.9. The normalized spacial score (nSPS) is 21.0. The number of rotatable bonds is 10. The van der Waals surface area contributed by atoms with Crippen molar-refractivity contribution >= 4 is 17.8 Å². The molecular formula is C25H33N5O4. The number of hydrogen-bond donors (Lipinski definition) is 2. The third-order valence-electron chi connectivity index (χ3n) is 6.01. The van der Waals surface area contributed by atoms with Crippen LogP contribution in [0.3, 0.4) is 0 Å². The standard InChI is InChI=1S/C25H33N5O4/c1-32-22-8-5-19(6-9-22)11-13-30-14-12-21(18-30)28-23-17-26-20(16-27-23)7-10-24(31)29-34-25-4-2-3-15-33-25/h5-10,16-17,21,25H,2-4,11-15,18H2,1H3,(H,27,28)(H,29,31)/b10-7+/t21-,25?/m1/s1. The van der Waals surface area contributed by atoms with Crippen LogP contribution in [-0.4, -0.2) is 66.5 Å². The summed E-state index contributed by atoms with van der Waals surface area (Å²) in [6.45, 7) is 3.73. The van der Waals surface area contributed by atoms with E-state index in [9.17, 15) is 4.79 Å². The highest BCUT2D eigenvalue weighted by atomic mass is 16.8. The number of likely N-dealkylation sites (tertiary alicyclic amines) is 1. The van der Waals surface area contributed by atoms with Crippen LogP contribution in [0.1, 0.15) is 36.9 Å². The summed E-state index contributed by atoms with van der Waals surface area (Å²) in [4.78, 5) is 28.4. The van der Waals surface area contributed by atoms with Gasteiger partial charge in [0.05, 0.1) is 25.2 Å². The molecule has 2 N–H and O–H groups in total. The van der Waals surface area contributed by atoms with Crippen LogP contribution in [0.5, 0.6) is 5.75 Å². The molecular weight excluding hydrogens is 434 g/mol. The molecule has 2 saturated heterocycles. The number of amides is 1. The maximum Gasteiger partial charge on any atom is 0.267 e. The molecule has 2 aliphatic rings. The number of ether oxygens (including phenoxy) is 2. The van der Waals surface area contributed by atoms with Crippen molar-refractivity contribution in [2.75, 3.05) is 38.7 Å². The zero-order valence-electron chi connectivity index (χ0n) is 19.6. The number of hydrogen-bond acceptors (Lipinski definition) is 8. The lowest BCUT2D eigenvalue weighted by Crippen LogP contribution is -2.32. The lowest BCUT2D eigenvalue weighted by atomic mass is 10.1. The summed E-state index contributed by atoms with van der Waals surface area (Å²) >= 11 is 0. The van der Waals surface area contributed by atoms with Crippen molar-refractivity contribution in [2.45, 2.75) is 44.4 Å². The van der Waals surface area contributed by atoms with Gasteiger partial charge in [0, 0.05) is 44.8 Å². The molecule has 1 aromatic heterocycles. The Morgan fingerprint density at radius 2 is 2.09 bits per heavy atom. The lowest BCUT2D eigenvalue weighted by molar-refractivity contribution is -0.198. The van der Waals surface area contributed by atoms with E-state index in [1.54, 1.807) is 25.6 Å². The number of carbonyl (C=O) groups is 1. The van der Waals surface area contributed by atoms with E-state index < -0.39 is 0 Å². The van der Waals surface area contributed by atoms with E-state index in [0.717, 1.165) is 63.3 Å². The van der Waals surface area contributed by atoms with Gasteiger partial charge in [-0.25, -0.2) is 15.3 Å². The van der Waals surface area contributed by atoms with E-state index in [2.05, 4.69) is 37.8 Å². The Labute approximate surface area is 200 Å². The van der Waals surface area contributed by atoms with Crippen molar-refractivity contribution in [1.82, 2.24) is 20.3 Å². The Hall–Kier alpha value is -3.01. The van der Waals surface area contributed by atoms with Crippen LogP contribution in [0.15, 0.2) is 42.7 Å². The fourth-order valence-electron chi connectivity index (χ4n) is 4.06. The SMILES string of the molecule is COc1ccc(CCN2CC[C@@H](Nc3cnc(/C=C/C(=O)NOC4CCCCO4)cn3)C2)cc1. The molecule has 1 unspecified atom stereocenters. The van der Waals surface area contributed by atoms with Gasteiger partial charge in [-0.15, -0.1) is 0 Å². The van der Waals surface area contributed by atoms with E-state index in [1.807, 2.05) is 12.1 Å². The van der Waals surface area contributed by atoms with Gasteiger partial charge in [0.1, 0.15) is 11.6 Å². The third kappa shape index (κ3) is 7.51. The van der Waals surface area contributed by atoms with Gasteiger partial charge in [-0.2, -0.15) is 0 Å². The first-order valence-corrected chi connectivity index (χ1v) is 11.9. The number of benzene rings is 1. The topological polar surface area (TPSA) is 97.8 Å². The van der Waals surface area contributed by atoms with E-state index >= 15 is 0 Å². The second kappa shape index (κ2) is 12.5. The van der Waals surface area contributed by atoms with E-state index in [1.165, 1.54) is 11.6 Å². The minimum atomic E-state index is -0.370. The molecule has 2 aromatic rings. The van der Waals surface area contributed by atoms with Gasteiger partial charge in [-0.05, 0) is 49.5 Å². The summed E-state index contributed by atoms with van der Waals surface area (Å²) in [5.74, 6) is 1.26. The van der Waals surface area contributed by atoms with Crippen molar-refractivity contribution in [1.29, 1.82) is 0 Å². The minimum Gasteiger partial charge on any atom is -0.497 e. The fraction of sp³-hybridized carbons (Fsp3) is 0.480. The van der Waals surface area contributed by atoms with E-state index in [0.29, 0.717) is 18.3 Å². The summed E-state index contributed by atoms with van der Waals surface area (Å²) in [7, 11) is 1.69. The fourth-order valence-corrected chi connectivity index (χ4v) is 4.06. The van der Waals surface area contributed by atoms with Gasteiger partial charge in [-0.1, -0.05) is 12.1 Å². The first kappa shape index (κ1) is 24.1. The second-order valence-electron chi connectivity index (χ2n) is 8.57. The van der Waals surface area contributed by atoms with Gasteiger partial charge in [0.2, 0.25) is 0 Å². The first-order valence-electron chi connectivity index (χ1n) is 11.9. The Morgan fingerprint density at radius 1 is 1.21 bits per heavy atom. The number of anilines is 1. The molecule has 9 heteroatoms. The van der Waals surface area contributed by atoms with Crippen molar-refractivity contribution in [2.24, 2.45) is 0 Å². The lowest BCUT2D eigenvalue weighted by Gasteiger charge is -2.21. The summed E-state index contributed by atoms with van der Waals surface area (Å²) < 4.78 is 10.6. The van der Waals surface area contributed by atoms with E-state index in [-0.39, 0.29) is 12.2 Å². The van der Waals surface area contributed by atoms with E-state index in [4.69, 9.17) is 14.3 Å².